The highest BCUT2D eigenvalue weighted by molar-refractivity contribution is 5.97. The van der Waals surface area contributed by atoms with Gasteiger partial charge in [0.15, 0.2) is 0 Å². The third-order valence-electron chi connectivity index (χ3n) is 4.31. The van der Waals surface area contributed by atoms with Crippen LogP contribution in [0.5, 0.6) is 17.2 Å². The average molecular weight is 310 g/mol. The van der Waals surface area contributed by atoms with Crippen molar-refractivity contribution in [1.29, 1.82) is 0 Å². The quantitative estimate of drug-likeness (QED) is 0.621. The summed E-state index contributed by atoms with van der Waals surface area (Å²) in [6.45, 7) is 0. The molecule has 2 aliphatic heterocycles. The van der Waals surface area contributed by atoms with Crippen LogP contribution in [0.15, 0.2) is 45.8 Å². The van der Waals surface area contributed by atoms with Gasteiger partial charge in [0.2, 0.25) is 5.43 Å². The maximum Gasteiger partial charge on any atom is 0.250 e. The summed E-state index contributed by atoms with van der Waals surface area (Å²) < 4.78 is 16.6. The molecule has 0 amide bonds. The summed E-state index contributed by atoms with van der Waals surface area (Å²) in [6.07, 6.45) is 2.74. The van der Waals surface area contributed by atoms with E-state index in [1.807, 2.05) is 0 Å². The fourth-order valence-corrected chi connectivity index (χ4v) is 3.27. The van der Waals surface area contributed by atoms with Gasteiger partial charge in [0.1, 0.15) is 39.2 Å². The van der Waals surface area contributed by atoms with E-state index in [2.05, 4.69) is 0 Å². The van der Waals surface area contributed by atoms with Crippen LogP contribution in [0, 0.1) is 0 Å². The summed E-state index contributed by atoms with van der Waals surface area (Å²) in [5.41, 5.74) is 0.466. The third kappa shape index (κ3) is 1.45. The number of rotatable bonds is 0. The van der Waals surface area contributed by atoms with E-state index in [0.717, 1.165) is 0 Å². The molecule has 0 unspecified atom stereocenters. The van der Waals surface area contributed by atoms with E-state index in [0.29, 0.717) is 11.3 Å². The predicted octanol–water partition coefficient (Wildman–Crippen LogP) is 2.70. The fraction of sp³-hybridized carbons (Fsp3) is 0.118. The van der Waals surface area contributed by atoms with E-state index in [9.17, 15) is 15.0 Å². The second-order valence-electron chi connectivity index (χ2n) is 5.57. The number of benzene rings is 2. The monoisotopic (exact) mass is 310 g/mol. The van der Waals surface area contributed by atoms with Crippen LogP contribution in [0.25, 0.3) is 21.9 Å². The van der Waals surface area contributed by atoms with Crippen molar-refractivity contribution in [3.8, 4) is 17.2 Å². The van der Waals surface area contributed by atoms with Gasteiger partial charge in [0.25, 0.3) is 6.29 Å². The Kier molecular flexibility index (Phi) is 2.15. The molecule has 2 atom stereocenters. The Labute approximate surface area is 128 Å². The molecule has 114 valence electrons. The minimum atomic E-state index is -0.536. The van der Waals surface area contributed by atoms with Gasteiger partial charge >= 0.3 is 0 Å². The van der Waals surface area contributed by atoms with Gasteiger partial charge in [-0.2, -0.15) is 0 Å². The molecule has 23 heavy (non-hydrogen) atoms. The summed E-state index contributed by atoms with van der Waals surface area (Å²) in [7, 11) is 0. The second kappa shape index (κ2) is 3.98. The van der Waals surface area contributed by atoms with Crippen LogP contribution < -0.4 is 10.2 Å². The van der Waals surface area contributed by atoms with Crippen molar-refractivity contribution in [3.63, 3.8) is 0 Å². The molecular weight excluding hydrogens is 300 g/mol. The van der Waals surface area contributed by atoms with Crippen LogP contribution in [-0.4, -0.2) is 16.5 Å². The SMILES string of the molecule is O=c1c2c(O)cccc2oc2cc3c(c(O)c12)[C@@H]1C=CO[C@@H]1O3. The smallest absolute Gasteiger partial charge is 0.250 e. The summed E-state index contributed by atoms with van der Waals surface area (Å²) in [6, 6.07) is 6.15. The topological polar surface area (TPSA) is 89.1 Å². The van der Waals surface area contributed by atoms with Crippen molar-refractivity contribution in [1.82, 2.24) is 0 Å². The van der Waals surface area contributed by atoms with Crippen molar-refractivity contribution < 1.29 is 24.1 Å². The molecule has 0 saturated heterocycles. The number of hydrogen-bond acceptors (Lipinski definition) is 6. The minimum absolute atomic E-state index is 0.0299. The van der Waals surface area contributed by atoms with Crippen molar-refractivity contribution >= 4 is 21.9 Å². The molecule has 6 heteroatoms. The predicted molar refractivity (Wildman–Crippen MR) is 80.7 cm³/mol. The molecule has 3 heterocycles. The maximum atomic E-state index is 12.8. The Morgan fingerprint density at radius 3 is 2.83 bits per heavy atom. The lowest BCUT2D eigenvalue weighted by molar-refractivity contribution is -0.00481. The molecule has 0 radical (unpaired) electrons. The molecule has 2 aromatic carbocycles. The molecule has 0 saturated carbocycles. The number of phenolic OH excluding ortho intramolecular Hbond substituents is 2. The summed E-state index contributed by atoms with van der Waals surface area (Å²) in [5, 5.41) is 20.7. The van der Waals surface area contributed by atoms with Gasteiger partial charge in [-0.05, 0) is 18.2 Å². The standard InChI is InChI=1S/C17H10O6/c18-8-2-1-3-9-13(8)16(20)14-11(22-9)6-10-12(15(14)19)7-4-5-21-17(7)23-10/h1-7,17-19H/t7-,17+/m0/s1. The second-order valence-corrected chi connectivity index (χ2v) is 5.57. The van der Waals surface area contributed by atoms with Crippen molar-refractivity contribution in [2.45, 2.75) is 12.2 Å². The average Bonchev–Trinajstić information content (AvgIpc) is 3.07. The zero-order chi connectivity index (χ0) is 15.7. The molecule has 1 aromatic heterocycles. The van der Waals surface area contributed by atoms with Gasteiger partial charge in [-0.1, -0.05) is 6.07 Å². The van der Waals surface area contributed by atoms with Crippen LogP contribution in [0.4, 0.5) is 0 Å². The van der Waals surface area contributed by atoms with Crippen LogP contribution in [0.3, 0.4) is 0 Å². The van der Waals surface area contributed by atoms with Crippen LogP contribution in [-0.2, 0) is 4.74 Å². The first-order valence-corrected chi connectivity index (χ1v) is 7.08. The van der Waals surface area contributed by atoms with E-state index in [1.54, 1.807) is 24.3 Å². The van der Waals surface area contributed by atoms with Gasteiger partial charge < -0.3 is 24.1 Å². The summed E-state index contributed by atoms with van der Waals surface area (Å²) in [4.78, 5) is 12.8. The zero-order valence-electron chi connectivity index (χ0n) is 11.6. The number of ether oxygens (including phenoxy) is 2. The first-order valence-electron chi connectivity index (χ1n) is 7.08. The highest BCUT2D eigenvalue weighted by atomic mass is 16.7. The van der Waals surface area contributed by atoms with Gasteiger partial charge in [0.05, 0.1) is 17.7 Å². The largest absolute Gasteiger partial charge is 0.507 e. The molecule has 0 bridgehead atoms. The number of hydrogen-bond donors (Lipinski definition) is 2. The Bertz CT molecular complexity index is 1080. The highest BCUT2D eigenvalue weighted by Gasteiger charge is 2.40. The Balaban J connectivity index is 1.95. The molecule has 3 aromatic rings. The summed E-state index contributed by atoms with van der Waals surface area (Å²) in [5.74, 6) is -0.221. The Morgan fingerprint density at radius 2 is 1.96 bits per heavy atom. The highest BCUT2D eigenvalue weighted by Crippen LogP contribution is 2.49. The number of aromatic hydroxyl groups is 2. The summed E-state index contributed by atoms with van der Waals surface area (Å²) >= 11 is 0. The van der Waals surface area contributed by atoms with Crippen molar-refractivity contribution in [2.24, 2.45) is 0 Å². The molecule has 2 aliphatic rings. The number of phenols is 2. The Morgan fingerprint density at radius 1 is 1.09 bits per heavy atom. The maximum absolute atomic E-state index is 12.8. The van der Waals surface area contributed by atoms with E-state index in [4.69, 9.17) is 13.9 Å². The molecule has 0 fully saturated rings. The lowest BCUT2D eigenvalue weighted by Gasteiger charge is -2.08. The zero-order valence-corrected chi connectivity index (χ0v) is 11.6. The molecule has 0 spiro atoms. The van der Waals surface area contributed by atoms with Gasteiger partial charge in [-0.25, -0.2) is 0 Å². The van der Waals surface area contributed by atoms with Gasteiger partial charge in [-0.3, -0.25) is 4.79 Å². The molecule has 6 nitrogen and oxygen atoms in total. The molecule has 2 N–H and O–H groups in total. The lowest BCUT2D eigenvalue weighted by Crippen LogP contribution is -2.14. The molecule has 5 rings (SSSR count). The van der Waals surface area contributed by atoms with Crippen molar-refractivity contribution in [2.75, 3.05) is 0 Å². The first-order chi connectivity index (χ1) is 11.1. The molecular formula is C17H10O6. The number of fused-ring (bicyclic) bond motifs is 5. The first kappa shape index (κ1) is 12.4. The molecule has 0 aliphatic carbocycles. The lowest BCUT2D eigenvalue weighted by atomic mass is 9.97. The van der Waals surface area contributed by atoms with Gasteiger partial charge in [0, 0.05) is 6.07 Å². The van der Waals surface area contributed by atoms with E-state index in [1.165, 1.54) is 12.3 Å². The van der Waals surface area contributed by atoms with Crippen LogP contribution >= 0.6 is 0 Å². The van der Waals surface area contributed by atoms with Gasteiger partial charge in [-0.15, -0.1) is 0 Å². The van der Waals surface area contributed by atoms with Crippen LogP contribution in [0.1, 0.15) is 11.5 Å². The van der Waals surface area contributed by atoms with E-state index in [-0.39, 0.29) is 39.4 Å². The van der Waals surface area contributed by atoms with E-state index >= 15 is 0 Å². The Hall–Kier alpha value is -3.15. The fourth-order valence-electron chi connectivity index (χ4n) is 3.27. The normalized spacial score (nSPS) is 21.2. The minimum Gasteiger partial charge on any atom is -0.507 e. The van der Waals surface area contributed by atoms with Crippen molar-refractivity contribution in [3.05, 3.63) is 52.4 Å². The third-order valence-corrected chi connectivity index (χ3v) is 4.31. The van der Waals surface area contributed by atoms with Crippen LogP contribution in [0.2, 0.25) is 0 Å². The van der Waals surface area contributed by atoms with E-state index < -0.39 is 11.7 Å².